The summed E-state index contributed by atoms with van der Waals surface area (Å²) in [7, 11) is -5.06. The van der Waals surface area contributed by atoms with Crippen molar-refractivity contribution in [1.82, 2.24) is 30.2 Å². The SMILES string of the molecule is C/C1=C2/N=C(C=C3N/C(=C(/C)C4=N[C@@](C)([C@@H]5N=C1[C@](C)(CCC(=O)NCCOP(=O)(O)O[C@H]1[C@@H](O)[C@@H](n6cnc7ncnc(N)c76)O[C@@H]1CO)[C@H]5CC(N)=O)[C@@](C)(CC(N)=O)[C@@H]4CCC(N)=O)[C@@](C)(CC(N)=O)[C@@H]3CCC(N)=O)C(C)(C)[C@@H]2CCC(N)=O. The molecule has 0 aliphatic carbocycles. The summed E-state index contributed by atoms with van der Waals surface area (Å²) < 4.78 is 31.2. The molecule has 6 aliphatic heterocycles. The van der Waals surface area contributed by atoms with Crippen LogP contribution in [0.2, 0.25) is 0 Å². The van der Waals surface area contributed by atoms with Crippen molar-refractivity contribution in [2.75, 3.05) is 25.5 Å². The Kier molecular flexibility index (Phi) is 18.9. The average molecular weight is 1250 g/mol. The van der Waals surface area contributed by atoms with Crippen molar-refractivity contribution in [3.05, 3.63) is 47.0 Å². The van der Waals surface area contributed by atoms with E-state index in [1.807, 2.05) is 54.5 Å². The zero-order valence-corrected chi connectivity index (χ0v) is 51.7. The summed E-state index contributed by atoms with van der Waals surface area (Å²) in [6.07, 6.45) is -2.55. The first-order valence-corrected chi connectivity index (χ1v) is 30.7. The summed E-state index contributed by atoms with van der Waals surface area (Å²) in [4.78, 5) is 133. The fraction of sp³-hybridized carbons (Fsp3) is 0.632. The van der Waals surface area contributed by atoms with Crippen molar-refractivity contribution >= 4 is 83.3 Å². The number of nitrogens with two attached hydrogens (primary N) is 7. The van der Waals surface area contributed by atoms with Crippen molar-refractivity contribution in [2.24, 2.45) is 94.7 Å². The molecule has 0 radical (unpaired) electrons. The quantitative estimate of drug-likeness (QED) is 0.0451. The first-order chi connectivity index (χ1) is 41.0. The number of imidazole rings is 1. The third-order valence-corrected chi connectivity index (χ3v) is 20.6. The molecule has 30 nitrogen and oxygen atoms in total. The van der Waals surface area contributed by atoms with E-state index in [1.54, 1.807) is 6.92 Å². The zero-order chi connectivity index (χ0) is 65.0. The van der Waals surface area contributed by atoms with Gasteiger partial charge in [-0.3, -0.25) is 62.2 Å². The maximum atomic E-state index is 14.2. The lowest BCUT2D eigenvalue weighted by Gasteiger charge is -2.48. The number of aliphatic hydroxyl groups is 2. The zero-order valence-electron chi connectivity index (χ0n) is 50.8. The largest absolute Gasteiger partial charge is 0.472 e. The molecule has 2 saturated heterocycles. The molecular weight excluding hydrogens is 1160 g/mol. The van der Waals surface area contributed by atoms with Gasteiger partial charge < -0.3 is 70.6 Å². The molecule has 0 spiro atoms. The normalized spacial score (nSPS) is 33.7. The van der Waals surface area contributed by atoms with E-state index in [4.69, 9.17) is 68.9 Å². The number of amides is 7. The fourth-order valence-corrected chi connectivity index (χ4v) is 15.8. The van der Waals surface area contributed by atoms with E-state index in [9.17, 15) is 53.2 Å². The van der Waals surface area contributed by atoms with Gasteiger partial charge in [-0.1, -0.05) is 34.6 Å². The molecule has 2 aromatic heterocycles. The van der Waals surface area contributed by atoms with E-state index in [0.29, 0.717) is 45.4 Å². The maximum absolute atomic E-state index is 14.2. The number of fused-ring (bicyclic) bond motifs is 7. The van der Waals surface area contributed by atoms with Gasteiger partial charge in [-0.05, 0) is 63.7 Å². The Hall–Kier alpha value is -7.34. The van der Waals surface area contributed by atoms with Gasteiger partial charge >= 0.3 is 7.82 Å². The minimum atomic E-state index is -5.06. The molecule has 31 heteroatoms. The molecule has 0 aromatic carbocycles. The summed E-state index contributed by atoms with van der Waals surface area (Å²) in [5.74, 6) is -7.25. The van der Waals surface area contributed by atoms with Gasteiger partial charge in [-0.2, -0.15) is 0 Å². The Labute approximate surface area is 508 Å². The van der Waals surface area contributed by atoms with Crippen molar-refractivity contribution in [3.8, 4) is 0 Å². The third-order valence-electron chi connectivity index (χ3n) is 19.6. The second-order valence-electron chi connectivity index (χ2n) is 25.6. The van der Waals surface area contributed by atoms with Crippen molar-refractivity contribution in [1.29, 1.82) is 0 Å². The van der Waals surface area contributed by atoms with Crippen LogP contribution in [0, 0.1) is 45.3 Å². The van der Waals surface area contributed by atoms with Gasteiger partial charge in [0.25, 0.3) is 0 Å². The van der Waals surface area contributed by atoms with Crippen molar-refractivity contribution < 1.29 is 67.0 Å². The summed E-state index contributed by atoms with van der Waals surface area (Å²) in [5.41, 5.74) is 40.4. The van der Waals surface area contributed by atoms with Crippen LogP contribution in [0.15, 0.2) is 61.9 Å². The average Bonchev–Trinajstić information content (AvgIpc) is 1.55. The number of carbonyl (C=O) groups is 7. The molecule has 14 atom stereocenters. The number of allylic oxidation sites excluding steroid dienone is 6. The van der Waals surface area contributed by atoms with Crippen LogP contribution in [-0.4, -0.2) is 143 Å². The van der Waals surface area contributed by atoms with Gasteiger partial charge in [-0.25, -0.2) is 19.5 Å². The number of primary amides is 6. The molecule has 8 bridgehead atoms. The van der Waals surface area contributed by atoms with Gasteiger partial charge in [0.05, 0.1) is 24.8 Å². The van der Waals surface area contributed by atoms with E-state index < -0.39 is 144 Å². The number of phosphoric ester groups is 1. The van der Waals surface area contributed by atoms with Crippen LogP contribution in [0.1, 0.15) is 132 Å². The molecule has 0 saturated carbocycles. The summed E-state index contributed by atoms with van der Waals surface area (Å²) in [5, 5.41) is 27.8. The van der Waals surface area contributed by atoms with E-state index in [2.05, 4.69) is 25.6 Å². The Bertz CT molecular complexity index is 3450. The molecule has 19 N–H and O–H groups in total. The number of aromatic nitrogens is 4. The van der Waals surface area contributed by atoms with Crippen LogP contribution in [0.5, 0.6) is 0 Å². The number of nitrogens with one attached hydrogen (secondary N) is 2. The predicted molar refractivity (Wildman–Crippen MR) is 320 cm³/mol. The lowest BCUT2D eigenvalue weighted by atomic mass is 9.55. The molecule has 8 rings (SSSR count). The Balaban J connectivity index is 1.19. The Morgan fingerprint density at radius 3 is 2.03 bits per heavy atom. The van der Waals surface area contributed by atoms with Crippen LogP contribution >= 0.6 is 7.82 Å². The van der Waals surface area contributed by atoms with Gasteiger partial charge in [0.15, 0.2) is 17.7 Å². The number of anilines is 1. The monoisotopic (exact) mass is 1250 g/mol. The first kappa shape index (κ1) is 66.6. The molecular formula is C57H83N16O14P. The lowest BCUT2D eigenvalue weighted by Crippen LogP contribution is -2.56. The van der Waals surface area contributed by atoms with E-state index in [0.717, 1.165) is 0 Å². The number of hydrogen-bond acceptors (Lipinski definition) is 21. The van der Waals surface area contributed by atoms with E-state index >= 15 is 0 Å². The van der Waals surface area contributed by atoms with Crippen LogP contribution < -0.4 is 50.8 Å². The number of nitrogen functional groups attached to an aromatic ring is 1. The first-order valence-electron chi connectivity index (χ1n) is 29.2. The molecule has 6 aliphatic rings. The smallest absolute Gasteiger partial charge is 0.394 e. The highest BCUT2D eigenvalue weighted by molar-refractivity contribution is 7.47. The number of nitrogens with zero attached hydrogens (tertiary/aromatic N) is 7. The van der Waals surface area contributed by atoms with Crippen molar-refractivity contribution in [3.63, 3.8) is 0 Å². The minimum Gasteiger partial charge on any atom is -0.394 e. The molecule has 480 valence electrons. The highest BCUT2D eigenvalue weighted by atomic mass is 31.2. The Morgan fingerprint density at radius 1 is 0.807 bits per heavy atom. The van der Waals surface area contributed by atoms with Crippen LogP contribution in [0.3, 0.4) is 0 Å². The number of hydrogen-bond donors (Lipinski definition) is 12. The number of ether oxygens (including phenoxy) is 1. The van der Waals surface area contributed by atoms with E-state index in [1.165, 1.54) is 17.2 Å². The van der Waals surface area contributed by atoms with Crippen LogP contribution in [0.25, 0.3) is 11.2 Å². The van der Waals surface area contributed by atoms with Gasteiger partial charge in [0.1, 0.15) is 36.5 Å². The molecule has 8 heterocycles. The minimum absolute atomic E-state index is 0.00304. The molecule has 88 heavy (non-hydrogen) atoms. The highest BCUT2D eigenvalue weighted by Gasteiger charge is 2.66. The number of carbonyl (C=O) groups excluding carboxylic acids is 7. The molecule has 2 fully saturated rings. The van der Waals surface area contributed by atoms with Crippen molar-refractivity contribution in [2.45, 2.75) is 162 Å². The van der Waals surface area contributed by atoms with Gasteiger partial charge in [0, 0.05) is 131 Å². The second kappa shape index (κ2) is 24.9. The summed E-state index contributed by atoms with van der Waals surface area (Å²) in [6, 6.07) is -1.05. The molecule has 2 aromatic rings. The summed E-state index contributed by atoms with van der Waals surface area (Å²) >= 11 is 0. The predicted octanol–water partition coefficient (Wildman–Crippen LogP) is 0.530. The molecule has 1 unspecified atom stereocenters. The van der Waals surface area contributed by atoms with E-state index in [-0.39, 0.29) is 94.2 Å². The maximum Gasteiger partial charge on any atom is 0.472 e. The standard InChI is InChI=1S/C57H83N16O14P/c1-26-42-29(10-13-36(59)76)53(3,4)34(70-42)20-32-28(9-12-35(58)75)55(6,21-39(62)79)48(69-32)27(2)43-30(11-14-37(60)77)56(7,22-40(63)80)57(8,72-43)49-31(19-38(61)78)54(5,47(26)71-49)16-15-41(81)65-17-18-85-88(83,84)87-46-33(23-74)86-52(45(46)82)73-25-68-51-44(73)50(64)66-24-67-51/h20,24-25,28-31,33,45-46,49,52,69,74,82H,9-19,21-23H2,1-8H3,(H2,58,75)(H2,59,76)(H2,60,77)(H2,61,78)(H2,62,79)(H2,63,80)(H,65,81)(H,83,84)(H2,64,66,67)/b32-20?,42-26-,48-27-/t28-,29-,30-,31+,33-,45-,46-,49-,52+,54-,55+,56+,57+/m1/s1. The van der Waals surface area contributed by atoms with Gasteiger partial charge in [-0.15, -0.1) is 0 Å². The number of aliphatic imine (C=N–C) groups is 3. The number of phosphoric acid groups is 1. The fourth-order valence-electron chi connectivity index (χ4n) is 14.9. The number of rotatable bonds is 26. The Morgan fingerprint density at radius 2 is 1.43 bits per heavy atom. The number of aliphatic hydroxyl groups excluding tert-OH is 2. The van der Waals surface area contributed by atoms with Crippen LogP contribution in [-0.2, 0) is 51.9 Å². The molecule has 7 amide bonds. The summed E-state index contributed by atoms with van der Waals surface area (Å²) in [6.45, 7) is 13.3. The lowest BCUT2D eigenvalue weighted by molar-refractivity contribution is -0.124. The topological polar surface area (TPSA) is 512 Å². The highest BCUT2D eigenvalue weighted by Crippen LogP contribution is 2.62. The second-order valence-corrected chi connectivity index (χ2v) is 27.0. The third kappa shape index (κ3) is 12.4. The van der Waals surface area contributed by atoms with Gasteiger partial charge in [0.2, 0.25) is 41.4 Å². The van der Waals surface area contributed by atoms with Crippen LogP contribution in [0.4, 0.5) is 5.82 Å².